The lowest BCUT2D eigenvalue weighted by Crippen LogP contribution is -2.20. The van der Waals surface area contributed by atoms with Gasteiger partial charge in [-0.15, -0.1) is 0 Å². The Bertz CT molecular complexity index is 38.7. The van der Waals surface area contributed by atoms with Crippen LogP contribution < -0.4 is 5.32 Å². The van der Waals surface area contributed by atoms with Crippen molar-refractivity contribution in [3.63, 3.8) is 0 Å². The predicted molar refractivity (Wildman–Crippen MR) is 32.4 cm³/mol. The minimum Gasteiger partial charge on any atom is -0.318 e. The molecule has 0 fully saturated rings. The van der Waals surface area contributed by atoms with Crippen molar-refractivity contribution in [1.82, 2.24) is 9.74 Å². The first-order chi connectivity index (χ1) is 3.27. The molecule has 0 saturated heterocycles. The van der Waals surface area contributed by atoms with Crippen LogP contribution in [0, 0.1) is 0 Å². The molecule has 0 aliphatic carbocycles. The first kappa shape index (κ1) is 7.21. The van der Waals surface area contributed by atoms with E-state index in [0.29, 0.717) is 0 Å². The molecule has 0 spiro atoms. The van der Waals surface area contributed by atoms with Crippen molar-refractivity contribution in [2.24, 2.45) is 0 Å². The lowest BCUT2D eigenvalue weighted by atomic mass is 10.6. The normalized spacial score (nSPS) is 10.3. The SMILES string of the molecule is CNCCN(C)Cl. The van der Waals surface area contributed by atoms with Crippen LogP contribution in [0.1, 0.15) is 0 Å². The van der Waals surface area contributed by atoms with Crippen LogP contribution in [0.5, 0.6) is 0 Å². The van der Waals surface area contributed by atoms with Gasteiger partial charge in [-0.2, -0.15) is 0 Å². The molecule has 0 atom stereocenters. The monoisotopic (exact) mass is 122 g/mol. The van der Waals surface area contributed by atoms with E-state index in [2.05, 4.69) is 5.32 Å². The van der Waals surface area contributed by atoms with Crippen LogP contribution in [0.15, 0.2) is 0 Å². The fraction of sp³-hybridized carbons (Fsp3) is 1.00. The summed E-state index contributed by atoms with van der Waals surface area (Å²) in [4.78, 5) is 0. The predicted octanol–water partition coefficient (Wildman–Crippen LogP) is 0.291. The van der Waals surface area contributed by atoms with E-state index in [1.807, 2.05) is 14.1 Å². The van der Waals surface area contributed by atoms with Crippen LogP contribution in [-0.2, 0) is 0 Å². The topological polar surface area (TPSA) is 15.3 Å². The number of halogens is 1. The average molecular weight is 123 g/mol. The second-order valence-corrected chi connectivity index (χ2v) is 2.01. The lowest BCUT2D eigenvalue weighted by molar-refractivity contribution is 0.533. The molecule has 0 radical (unpaired) electrons. The second-order valence-electron chi connectivity index (χ2n) is 1.43. The van der Waals surface area contributed by atoms with Crippen LogP contribution in [0.4, 0.5) is 0 Å². The van der Waals surface area contributed by atoms with E-state index in [4.69, 9.17) is 11.8 Å². The van der Waals surface area contributed by atoms with E-state index in [1.54, 1.807) is 4.42 Å². The maximum Gasteiger partial charge on any atom is 0.0261 e. The summed E-state index contributed by atoms with van der Waals surface area (Å²) in [7, 11) is 3.74. The summed E-state index contributed by atoms with van der Waals surface area (Å²) < 4.78 is 1.62. The van der Waals surface area contributed by atoms with Gasteiger partial charge >= 0.3 is 0 Å². The third kappa shape index (κ3) is 6.21. The van der Waals surface area contributed by atoms with Crippen LogP contribution in [0.3, 0.4) is 0 Å². The molecule has 44 valence electrons. The number of nitrogens with one attached hydrogen (secondary N) is 1. The van der Waals surface area contributed by atoms with E-state index in [1.165, 1.54) is 0 Å². The minimum absolute atomic E-state index is 0.887. The van der Waals surface area contributed by atoms with Gasteiger partial charge in [0, 0.05) is 20.1 Å². The fourth-order valence-electron chi connectivity index (χ4n) is 0.266. The molecular weight excluding hydrogens is 112 g/mol. The molecule has 0 unspecified atom stereocenters. The fourth-order valence-corrected chi connectivity index (χ4v) is 0.350. The van der Waals surface area contributed by atoms with Gasteiger partial charge in [-0.25, -0.2) is 4.42 Å². The van der Waals surface area contributed by atoms with Crippen LogP contribution in [-0.4, -0.2) is 31.6 Å². The smallest absolute Gasteiger partial charge is 0.0261 e. The molecule has 1 N–H and O–H groups in total. The van der Waals surface area contributed by atoms with Gasteiger partial charge in [0.25, 0.3) is 0 Å². The third-order valence-electron chi connectivity index (χ3n) is 0.670. The molecule has 7 heavy (non-hydrogen) atoms. The number of nitrogens with zero attached hydrogens (tertiary/aromatic N) is 1. The van der Waals surface area contributed by atoms with Crippen LogP contribution in [0.2, 0.25) is 0 Å². The molecule has 3 heteroatoms. The number of likely N-dealkylation sites (N-methyl/N-ethyl adjacent to an activating group) is 2. The van der Waals surface area contributed by atoms with Gasteiger partial charge < -0.3 is 5.32 Å². The molecule has 0 amide bonds. The first-order valence-electron chi connectivity index (χ1n) is 2.29. The molecule has 0 saturated carbocycles. The Hall–Kier alpha value is 0.210. The van der Waals surface area contributed by atoms with Crippen molar-refractivity contribution >= 4 is 11.8 Å². The van der Waals surface area contributed by atoms with Crippen LogP contribution >= 0.6 is 11.8 Å². The van der Waals surface area contributed by atoms with E-state index in [9.17, 15) is 0 Å². The Morgan fingerprint density at radius 3 is 2.43 bits per heavy atom. The second kappa shape index (κ2) is 4.37. The molecule has 0 rings (SSSR count). The van der Waals surface area contributed by atoms with Gasteiger partial charge in [0.1, 0.15) is 0 Å². The summed E-state index contributed by atoms with van der Waals surface area (Å²) >= 11 is 5.45. The zero-order chi connectivity index (χ0) is 5.70. The van der Waals surface area contributed by atoms with Gasteiger partial charge in [0.2, 0.25) is 0 Å². The van der Waals surface area contributed by atoms with E-state index >= 15 is 0 Å². The molecule has 0 aromatic rings. The highest BCUT2D eigenvalue weighted by atomic mass is 35.5. The standard InChI is InChI=1S/C4H11ClN2/c1-6-3-4-7(2)5/h6H,3-4H2,1-2H3. The van der Waals surface area contributed by atoms with Crippen molar-refractivity contribution in [1.29, 1.82) is 0 Å². The Balaban J connectivity index is 2.68. The molecule has 0 aromatic heterocycles. The molecule has 0 aromatic carbocycles. The number of hydrogen-bond acceptors (Lipinski definition) is 2. The van der Waals surface area contributed by atoms with E-state index in [0.717, 1.165) is 13.1 Å². The zero-order valence-electron chi connectivity index (χ0n) is 4.74. The summed E-state index contributed by atoms with van der Waals surface area (Å²) in [6, 6.07) is 0. The van der Waals surface area contributed by atoms with Crippen molar-refractivity contribution < 1.29 is 0 Å². The molecule has 0 aliphatic heterocycles. The lowest BCUT2D eigenvalue weighted by Gasteiger charge is -2.03. The Labute approximate surface area is 49.6 Å². The van der Waals surface area contributed by atoms with Crippen molar-refractivity contribution in [3.8, 4) is 0 Å². The third-order valence-corrected chi connectivity index (χ3v) is 0.839. The van der Waals surface area contributed by atoms with Gasteiger partial charge in [0.15, 0.2) is 0 Å². The highest BCUT2D eigenvalue weighted by Crippen LogP contribution is 1.81. The maximum absolute atomic E-state index is 5.45. The van der Waals surface area contributed by atoms with Crippen molar-refractivity contribution in [2.45, 2.75) is 0 Å². The highest BCUT2D eigenvalue weighted by molar-refractivity contribution is 6.13. The van der Waals surface area contributed by atoms with Crippen molar-refractivity contribution in [2.75, 3.05) is 27.2 Å². The van der Waals surface area contributed by atoms with Crippen LogP contribution in [0.25, 0.3) is 0 Å². The quantitative estimate of drug-likeness (QED) is 0.542. The summed E-state index contributed by atoms with van der Waals surface area (Å²) in [5, 5.41) is 2.97. The average Bonchev–Trinajstić information content (AvgIpc) is 1.61. The number of rotatable bonds is 3. The minimum atomic E-state index is 0.887. The molecule has 0 aliphatic rings. The Morgan fingerprint density at radius 1 is 1.71 bits per heavy atom. The largest absolute Gasteiger partial charge is 0.318 e. The van der Waals surface area contributed by atoms with Gasteiger partial charge in [-0.3, -0.25) is 0 Å². The first-order valence-corrected chi connectivity index (χ1v) is 2.62. The molecule has 2 nitrogen and oxygen atoms in total. The van der Waals surface area contributed by atoms with Crippen molar-refractivity contribution in [3.05, 3.63) is 0 Å². The molecular formula is C4H11ClN2. The van der Waals surface area contributed by atoms with E-state index in [-0.39, 0.29) is 0 Å². The zero-order valence-corrected chi connectivity index (χ0v) is 5.50. The molecule has 0 bridgehead atoms. The highest BCUT2D eigenvalue weighted by Gasteiger charge is 1.85. The van der Waals surface area contributed by atoms with Gasteiger partial charge in [-0.1, -0.05) is 0 Å². The maximum atomic E-state index is 5.45. The molecule has 0 heterocycles. The summed E-state index contributed by atoms with van der Waals surface area (Å²) in [5.41, 5.74) is 0. The summed E-state index contributed by atoms with van der Waals surface area (Å²) in [6.45, 7) is 1.83. The van der Waals surface area contributed by atoms with Gasteiger partial charge in [-0.05, 0) is 18.8 Å². The Morgan fingerprint density at radius 2 is 2.29 bits per heavy atom. The summed E-state index contributed by atoms with van der Waals surface area (Å²) in [6.07, 6.45) is 0. The van der Waals surface area contributed by atoms with Gasteiger partial charge in [0.05, 0.1) is 0 Å². The number of hydrogen-bond donors (Lipinski definition) is 1. The van der Waals surface area contributed by atoms with E-state index < -0.39 is 0 Å². The Kier molecular flexibility index (Phi) is 4.50. The summed E-state index contributed by atoms with van der Waals surface area (Å²) in [5.74, 6) is 0.